The Morgan fingerprint density at radius 3 is 2.33 bits per heavy atom. The van der Waals surface area contributed by atoms with Crippen molar-refractivity contribution in [1.29, 1.82) is 0 Å². The summed E-state index contributed by atoms with van der Waals surface area (Å²) in [6, 6.07) is 7.72. The zero-order valence-electron chi connectivity index (χ0n) is 11.3. The van der Waals surface area contributed by atoms with E-state index in [-0.39, 0.29) is 11.6 Å². The van der Waals surface area contributed by atoms with Crippen molar-refractivity contribution in [3.05, 3.63) is 35.4 Å². The molecule has 0 bridgehead atoms. The van der Waals surface area contributed by atoms with E-state index in [1.165, 1.54) is 0 Å². The van der Waals surface area contributed by atoms with Gasteiger partial charge >= 0.3 is 6.09 Å². The van der Waals surface area contributed by atoms with E-state index in [2.05, 4.69) is 5.32 Å². The molecule has 1 amide bonds. The minimum absolute atomic E-state index is 0.281. The highest BCUT2D eigenvalue weighted by atomic mass is 35.5. The van der Waals surface area contributed by atoms with Gasteiger partial charge in [-0.2, -0.15) is 0 Å². The lowest BCUT2D eigenvalue weighted by atomic mass is 10.1. The van der Waals surface area contributed by atoms with E-state index < -0.39 is 6.09 Å². The molecule has 0 aliphatic heterocycles. The summed E-state index contributed by atoms with van der Waals surface area (Å²) in [7, 11) is 0. The summed E-state index contributed by atoms with van der Waals surface area (Å²) in [5.41, 5.74) is 1.71. The first-order valence-corrected chi connectivity index (χ1v) is 6.49. The fourth-order valence-electron chi connectivity index (χ4n) is 1.44. The molecule has 18 heavy (non-hydrogen) atoms. The molecule has 0 aliphatic carbocycles. The van der Waals surface area contributed by atoms with Crippen LogP contribution in [-0.2, 0) is 10.6 Å². The van der Waals surface area contributed by atoms with Gasteiger partial charge in [-0.25, -0.2) is 4.79 Å². The van der Waals surface area contributed by atoms with Crippen molar-refractivity contribution in [2.75, 3.05) is 0 Å². The second-order valence-corrected chi connectivity index (χ2v) is 5.57. The average molecular weight is 270 g/mol. The standard InChI is InChI=1S/C14H20ClNO2/c1-10(18-13(17)16-14(2,3)4)12-7-5-11(9-15)6-8-12/h5-8,10H,9H2,1-4H3,(H,16,17)/t10-/m0/s1. The molecule has 0 fully saturated rings. The summed E-state index contributed by atoms with van der Waals surface area (Å²) < 4.78 is 5.30. The number of alkyl carbamates (subject to hydrolysis) is 1. The molecule has 4 heteroatoms. The summed E-state index contributed by atoms with van der Waals surface area (Å²) in [6.07, 6.45) is -0.687. The van der Waals surface area contributed by atoms with Gasteiger partial charge < -0.3 is 10.1 Å². The number of hydrogen-bond donors (Lipinski definition) is 1. The molecule has 0 unspecified atom stereocenters. The Morgan fingerprint density at radius 1 is 1.33 bits per heavy atom. The number of nitrogens with one attached hydrogen (secondary N) is 1. The van der Waals surface area contributed by atoms with Gasteiger partial charge in [0.05, 0.1) is 0 Å². The van der Waals surface area contributed by atoms with Crippen LogP contribution in [0.15, 0.2) is 24.3 Å². The SMILES string of the molecule is C[C@H](OC(=O)NC(C)(C)C)c1ccc(CCl)cc1. The first kappa shape index (κ1) is 14.8. The summed E-state index contributed by atoms with van der Waals surface area (Å²) in [5.74, 6) is 0.486. The van der Waals surface area contributed by atoms with Crippen molar-refractivity contribution in [3.8, 4) is 0 Å². The molecule has 0 aliphatic rings. The smallest absolute Gasteiger partial charge is 0.408 e. The lowest BCUT2D eigenvalue weighted by Gasteiger charge is -2.22. The number of carbonyl (C=O) groups is 1. The molecule has 1 aromatic rings. The molecule has 0 saturated heterocycles. The van der Waals surface area contributed by atoms with Crippen molar-refractivity contribution in [3.63, 3.8) is 0 Å². The monoisotopic (exact) mass is 269 g/mol. The maximum atomic E-state index is 11.6. The highest BCUT2D eigenvalue weighted by molar-refractivity contribution is 6.17. The lowest BCUT2D eigenvalue weighted by molar-refractivity contribution is 0.100. The van der Waals surface area contributed by atoms with Gasteiger partial charge in [0.25, 0.3) is 0 Å². The summed E-state index contributed by atoms with van der Waals surface area (Å²) >= 11 is 5.72. The number of alkyl halides is 1. The number of rotatable bonds is 3. The Hall–Kier alpha value is -1.22. The number of halogens is 1. The fourth-order valence-corrected chi connectivity index (χ4v) is 1.62. The molecule has 0 saturated carbocycles. The van der Waals surface area contributed by atoms with Crippen LogP contribution in [0.1, 0.15) is 44.9 Å². The maximum Gasteiger partial charge on any atom is 0.408 e. The Morgan fingerprint density at radius 2 is 1.89 bits per heavy atom. The zero-order chi connectivity index (χ0) is 13.8. The molecule has 0 aromatic heterocycles. The van der Waals surface area contributed by atoms with Crippen LogP contribution in [-0.4, -0.2) is 11.6 Å². The molecule has 3 nitrogen and oxygen atoms in total. The third kappa shape index (κ3) is 4.96. The van der Waals surface area contributed by atoms with Crippen LogP contribution in [0.2, 0.25) is 0 Å². The van der Waals surface area contributed by atoms with Gasteiger partial charge in [-0.3, -0.25) is 0 Å². The third-order valence-electron chi connectivity index (χ3n) is 2.36. The fraction of sp³-hybridized carbons (Fsp3) is 0.500. The normalized spacial score (nSPS) is 12.9. The lowest BCUT2D eigenvalue weighted by Crippen LogP contribution is -2.41. The van der Waals surface area contributed by atoms with E-state index in [1.54, 1.807) is 0 Å². The molecule has 1 rings (SSSR count). The number of benzene rings is 1. The second-order valence-electron chi connectivity index (χ2n) is 5.30. The van der Waals surface area contributed by atoms with Crippen molar-refractivity contribution >= 4 is 17.7 Å². The number of carbonyl (C=O) groups excluding carboxylic acids is 1. The maximum absolute atomic E-state index is 11.6. The van der Waals surface area contributed by atoms with Crippen molar-refractivity contribution in [2.45, 2.75) is 45.2 Å². The quantitative estimate of drug-likeness (QED) is 0.842. The molecule has 0 heterocycles. The van der Waals surface area contributed by atoms with Crippen molar-refractivity contribution in [1.82, 2.24) is 5.32 Å². The van der Waals surface area contributed by atoms with Crippen LogP contribution in [0.3, 0.4) is 0 Å². The van der Waals surface area contributed by atoms with Crippen LogP contribution in [0, 0.1) is 0 Å². The van der Waals surface area contributed by atoms with E-state index in [0.717, 1.165) is 11.1 Å². The van der Waals surface area contributed by atoms with Crippen LogP contribution in [0.4, 0.5) is 4.79 Å². The van der Waals surface area contributed by atoms with Gasteiger partial charge in [0.15, 0.2) is 0 Å². The molecule has 0 radical (unpaired) electrons. The van der Waals surface area contributed by atoms with Gasteiger partial charge in [-0.1, -0.05) is 24.3 Å². The molecule has 1 atom stereocenters. The van der Waals surface area contributed by atoms with Gasteiger partial charge in [-0.05, 0) is 38.8 Å². The highest BCUT2D eigenvalue weighted by Crippen LogP contribution is 2.18. The Kier molecular flexibility index (Phi) is 5.03. The van der Waals surface area contributed by atoms with Gasteiger partial charge in [0.2, 0.25) is 0 Å². The van der Waals surface area contributed by atoms with Crippen LogP contribution in [0.5, 0.6) is 0 Å². The third-order valence-corrected chi connectivity index (χ3v) is 2.67. The minimum atomic E-state index is -0.406. The average Bonchev–Trinajstić information content (AvgIpc) is 2.26. The van der Waals surface area contributed by atoms with E-state index in [9.17, 15) is 4.79 Å². The highest BCUT2D eigenvalue weighted by Gasteiger charge is 2.17. The summed E-state index contributed by atoms with van der Waals surface area (Å²) in [4.78, 5) is 11.6. The minimum Gasteiger partial charge on any atom is -0.442 e. The second kappa shape index (κ2) is 6.10. The van der Waals surface area contributed by atoms with E-state index in [0.29, 0.717) is 5.88 Å². The molecule has 1 N–H and O–H groups in total. The predicted molar refractivity (Wildman–Crippen MR) is 73.8 cm³/mol. The van der Waals surface area contributed by atoms with Crippen molar-refractivity contribution < 1.29 is 9.53 Å². The Bertz CT molecular complexity index is 395. The van der Waals surface area contributed by atoms with E-state index in [4.69, 9.17) is 16.3 Å². The largest absolute Gasteiger partial charge is 0.442 e. The topological polar surface area (TPSA) is 38.3 Å². The molecule has 0 spiro atoms. The first-order chi connectivity index (χ1) is 8.31. The molecule has 100 valence electrons. The van der Waals surface area contributed by atoms with Gasteiger partial charge in [0, 0.05) is 11.4 Å². The molecular formula is C14H20ClNO2. The van der Waals surface area contributed by atoms with E-state index >= 15 is 0 Å². The predicted octanol–water partition coefficient (Wildman–Crippen LogP) is 4.01. The van der Waals surface area contributed by atoms with Crippen LogP contribution >= 0.6 is 11.6 Å². The van der Waals surface area contributed by atoms with Crippen LogP contribution in [0.25, 0.3) is 0 Å². The van der Waals surface area contributed by atoms with Crippen molar-refractivity contribution in [2.24, 2.45) is 0 Å². The molecular weight excluding hydrogens is 250 g/mol. The van der Waals surface area contributed by atoms with Crippen LogP contribution < -0.4 is 5.32 Å². The van der Waals surface area contributed by atoms with Gasteiger partial charge in [0.1, 0.15) is 6.10 Å². The number of hydrogen-bond acceptors (Lipinski definition) is 2. The number of ether oxygens (including phenoxy) is 1. The Labute approximate surface area is 113 Å². The summed E-state index contributed by atoms with van der Waals surface area (Å²) in [6.45, 7) is 7.58. The molecule has 1 aromatic carbocycles. The first-order valence-electron chi connectivity index (χ1n) is 5.95. The Balaban J connectivity index is 2.59. The summed E-state index contributed by atoms with van der Waals surface area (Å²) in [5, 5.41) is 2.76. The van der Waals surface area contributed by atoms with Gasteiger partial charge in [-0.15, -0.1) is 11.6 Å². The number of amides is 1. The van der Waals surface area contributed by atoms with E-state index in [1.807, 2.05) is 52.0 Å². The zero-order valence-corrected chi connectivity index (χ0v) is 12.0.